The lowest BCUT2D eigenvalue weighted by atomic mass is 10.2. The van der Waals surface area contributed by atoms with Crippen molar-refractivity contribution in [3.05, 3.63) is 34.8 Å². The monoisotopic (exact) mass is 355 g/mol. The molecule has 0 aliphatic carbocycles. The first-order valence-corrected chi connectivity index (χ1v) is 7.98. The summed E-state index contributed by atoms with van der Waals surface area (Å²) in [5, 5.41) is 3.89. The van der Waals surface area contributed by atoms with Crippen molar-refractivity contribution in [2.45, 2.75) is 26.3 Å². The number of halogens is 1. The highest BCUT2D eigenvalue weighted by Crippen LogP contribution is 2.32. The van der Waals surface area contributed by atoms with E-state index in [1.807, 2.05) is 38.1 Å². The van der Waals surface area contributed by atoms with Gasteiger partial charge in [-0.2, -0.15) is 0 Å². The summed E-state index contributed by atoms with van der Waals surface area (Å²) in [6.45, 7) is 4.29. The van der Waals surface area contributed by atoms with Gasteiger partial charge in [-0.05, 0) is 38.1 Å². The third-order valence-electron chi connectivity index (χ3n) is 3.31. The number of thiazole rings is 1. The van der Waals surface area contributed by atoms with Gasteiger partial charge >= 0.3 is 0 Å². The van der Waals surface area contributed by atoms with Crippen LogP contribution >= 0.6 is 23.7 Å². The van der Waals surface area contributed by atoms with Gasteiger partial charge in [-0.25, -0.2) is 4.98 Å². The van der Waals surface area contributed by atoms with Crippen molar-refractivity contribution in [2.24, 2.45) is 5.73 Å². The Hall–Kier alpha value is -1.63. The van der Waals surface area contributed by atoms with E-state index < -0.39 is 0 Å². The Morgan fingerprint density at radius 1 is 1.39 bits per heavy atom. The summed E-state index contributed by atoms with van der Waals surface area (Å²) in [6.07, 6.45) is 0.341. The first-order chi connectivity index (χ1) is 10.5. The van der Waals surface area contributed by atoms with Crippen LogP contribution in [-0.4, -0.2) is 24.5 Å². The summed E-state index contributed by atoms with van der Waals surface area (Å²) in [5.74, 6) is 0.786. The van der Waals surface area contributed by atoms with Crippen molar-refractivity contribution >= 4 is 29.7 Å². The first kappa shape index (κ1) is 19.4. The number of nitrogens with two attached hydrogens (primary N) is 1. The number of carbonyl (C=O) groups is 1. The number of rotatable bonds is 6. The van der Waals surface area contributed by atoms with Crippen LogP contribution in [0.2, 0.25) is 0 Å². The van der Waals surface area contributed by atoms with Gasteiger partial charge in [-0.1, -0.05) is 0 Å². The molecule has 0 bridgehead atoms. The Kier molecular flexibility index (Phi) is 7.48. The lowest BCUT2D eigenvalue weighted by molar-refractivity contribution is -0.121. The highest BCUT2D eigenvalue weighted by molar-refractivity contribution is 7.15. The van der Waals surface area contributed by atoms with Crippen LogP contribution in [0.3, 0.4) is 0 Å². The molecule has 2 rings (SSSR count). The third kappa shape index (κ3) is 4.92. The van der Waals surface area contributed by atoms with Gasteiger partial charge in [-0.15, -0.1) is 23.7 Å². The molecule has 126 valence electrons. The second-order valence-corrected chi connectivity index (χ2v) is 6.06. The predicted molar refractivity (Wildman–Crippen MR) is 96.3 cm³/mol. The van der Waals surface area contributed by atoms with Gasteiger partial charge in [0, 0.05) is 18.5 Å². The predicted octanol–water partition coefficient (Wildman–Crippen LogP) is 3.07. The van der Waals surface area contributed by atoms with E-state index >= 15 is 0 Å². The number of ether oxygens (including phenoxy) is 1. The molecule has 1 aromatic carbocycles. The first-order valence-electron chi connectivity index (χ1n) is 7.16. The molecule has 1 amide bonds. The molecule has 0 saturated heterocycles. The molecule has 0 aliphatic rings. The van der Waals surface area contributed by atoms with Crippen LogP contribution in [0.25, 0.3) is 10.6 Å². The minimum absolute atomic E-state index is 0. The van der Waals surface area contributed by atoms with Crippen LogP contribution in [-0.2, 0) is 4.79 Å². The Labute approximate surface area is 146 Å². The molecule has 0 saturated carbocycles. The van der Waals surface area contributed by atoms with Crippen LogP contribution in [0.1, 0.15) is 30.0 Å². The maximum atomic E-state index is 11.7. The van der Waals surface area contributed by atoms with Gasteiger partial charge in [0.15, 0.2) is 0 Å². The smallest absolute Gasteiger partial charge is 0.221 e. The molecule has 0 radical (unpaired) electrons. The molecule has 2 aromatic rings. The molecular weight excluding hydrogens is 334 g/mol. The molecule has 5 nitrogen and oxygen atoms in total. The summed E-state index contributed by atoms with van der Waals surface area (Å²) in [7, 11) is 1.65. The van der Waals surface area contributed by atoms with Gasteiger partial charge in [0.25, 0.3) is 0 Å². The highest BCUT2D eigenvalue weighted by atomic mass is 35.5. The molecule has 1 aromatic heterocycles. The van der Waals surface area contributed by atoms with E-state index in [2.05, 4.69) is 10.3 Å². The van der Waals surface area contributed by atoms with Crippen LogP contribution < -0.4 is 15.8 Å². The van der Waals surface area contributed by atoms with Gasteiger partial charge < -0.3 is 15.8 Å². The maximum absolute atomic E-state index is 11.7. The van der Waals surface area contributed by atoms with Crippen LogP contribution in [0.15, 0.2) is 24.3 Å². The normalized spacial score (nSPS) is 11.5. The molecule has 1 unspecified atom stereocenters. The molecule has 1 heterocycles. The molecule has 1 atom stereocenters. The number of nitrogens with one attached hydrogen (secondary N) is 1. The van der Waals surface area contributed by atoms with E-state index in [0.717, 1.165) is 26.9 Å². The van der Waals surface area contributed by atoms with Crippen LogP contribution in [0, 0.1) is 6.92 Å². The topological polar surface area (TPSA) is 77.2 Å². The fraction of sp³-hybridized carbons (Fsp3) is 0.375. The van der Waals surface area contributed by atoms with Crippen molar-refractivity contribution in [2.75, 3.05) is 13.7 Å². The maximum Gasteiger partial charge on any atom is 0.221 e. The average Bonchev–Trinajstić information content (AvgIpc) is 2.89. The summed E-state index contributed by atoms with van der Waals surface area (Å²) in [5.41, 5.74) is 7.38. The number of methoxy groups -OCH3 is 1. The van der Waals surface area contributed by atoms with Crippen molar-refractivity contribution < 1.29 is 9.53 Å². The highest BCUT2D eigenvalue weighted by Gasteiger charge is 2.17. The Morgan fingerprint density at radius 3 is 2.61 bits per heavy atom. The van der Waals surface area contributed by atoms with E-state index in [4.69, 9.17) is 10.5 Å². The fourth-order valence-corrected chi connectivity index (χ4v) is 3.25. The zero-order valence-corrected chi connectivity index (χ0v) is 15.1. The van der Waals surface area contributed by atoms with E-state index in [1.165, 1.54) is 0 Å². The van der Waals surface area contributed by atoms with Gasteiger partial charge in [-0.3, -0.25) is 4.79 Å². The Balaban J connectivity index is 0.00000264. The molecule has 3 N–H and O–H groups in total. The molecule has 0 fully saturated rings. The number of benzene rings is 1. The third-order valence-corrected chi connectivity index (χ3v) is 4.70. The number of hydrogen-bond donors (Lipinski definition) is 2. The summed E-state index contributed by atoms with van der Waals surface area (Å²) in [4.78, 5) is 17.3. The zero-order chi connectivity index (χ0) is 16.1. The quantitative estimate of drug-likeness (QED) is 0.834. The van der Waals surface area contributed by atoms with Crippen LogP contribution in [0.5, 0.6) is 5.75 Å². The second kappa shape index (κ2) is 8.86. The largest absolute Gasteiger partial charge is 0.497 e. The summed E-state index contributed by atoms with van der Waals surface area (Å²) >= 11 is 1.60. The lowest BCUT2D eigenvalue weighted by Crippen LogP contribution is -2.28. The molecule has 0 spiro atoms. The zero-order valence-electron chi connectivity index (χ0n) is 13.5. The van der Waals surface area contributed by atoms with E-state index in [-0.39, 0.29) is 24.4 Å². The lowest BCUT2D eigenvalue weighted by Gasteiger charge is -2.12. The number of carbonyl (C=O) groups excluding carboxylic acids is 1. The summed E-state index contributed by atoms with van der Waals surface area (Å²) in [6, 6.07) is 7.73. The van der Waals surface area contributed by atoms with Crippen molar-refractivity contribution in [3.8, 4) is 16.3 Å². The number of nitrogens with zero attached hydrogens (tertiary/aromatic N) is 1. The number of aryl methyl sites for hydroxylation is 1. The van der Waals surface area contributed by atoms with Gasteiger partial charge in [0.05, 0.1) is 23.7 Å². The minimum Gasteiger partial charge on any atom is -0.497 e. The Bertz CT molecular complexity index is 643. The molecule has 23 heavy (non-hydrogen) atoms. The van der Waals surface area contributed by atoms with E-state index in [1.54, 1.807) is 18.4 Å². The van der Waals surface area contributed by atoms with E-state index in [0.29, 0.717) is 13.0 Å². The van der Waals surface area contributed by atoms with E-state index in [9.17, 15) is 4.79 Å². The number of amides is 1. The SMILES string of the molecule is COc1ccc(-c2nc(C)c(C(C)NC(=O)CCN)s2)cc1.Cl. The van der Waals surface area contributed by atoms with Crippen molar-refractivity contribution in [1.82, 2.24) is 10.3 Å². The van der Waals surface area contributed by atoms with Crippen LogP contribution in [0.4, 0.5) is 0 Å². The fourth-order valence-electron chi connectivity index (χ4n) is 2.18. The second-order valence-electron chi connectivity index (χ2n) is 5.03. The number of hydrogen-bond acceptors (Lipinski definition) is 5. The molecule has 0 aliphatic heterocycles. The number of aromatic nitrogens is 1. The molecular formula is C16H22ClN3O2S. The van der Waals surface area contributed by atoms with Crippen molar-refractivity contribution in [1.29, 1.82) is 0 Å². The van der Waals surface area contributed by atoms with Crippen molar-refractivity contribution in [3.63, 3.8) is 0 Å². The Morgan fingerprint density at radius 2 is 2.04 bits per heavy atom. The standard InChI is InChI=1S/C16H21N3O2S.ClH/c1-10(18-14(20)8-9-17)15-11(2)19-16(22-15)12-4-6-13(21-3)7-5-12;/h4-7,10H,8-9,17H2,1-3H3,(H,18,20);1H. The minimum atomic E-state index is -0.0662. The summed E-state index contributed by atoms with van der Waals surface area (Å²) < 4.78 is 5.16. The van der Waals surface area contributed by atoms with Gasteiger partial charge in [0.2, 0.25) is 5.91 Å². The van der Waals surface area contributed by atoms with Gasteiger partial charge in [0.1, 0.15) is 10.8 Å². The average molecular weight is 356 g/mol. The molecule has 7 heteroatoms.